The van der Waals surface area contributed by atoms with Crippen LogP contribution in [0.2, 0.25) is 0 Å². The molecular formula is C10H16N2S2. The van der Waals surface area contributed by atoms with Crippen molar-refractivity contribution in [2.24, 2.45) is 5.92 Å². The second-order valence-electron chi connectivity index (χ2n) is 3.70. The van der Waals surface area contributed by atoms with Crippen LogP contribution in [0.15, 0.2) is 5.38 Å². The van der Waals surface area contributed by atoms with E-state index in [4.69, 9.17) is 0 Å². The number of hydrogen-bond donors (Lipinski definition) is 1. The zero-order valence-electron chi connectivity index (χ0n) is 8.45. The first-order valence-electron chi connectivity index (χ1n) is 5.04. The number of nitrogens with zero attached hydrogens (tertiary/aromatic N) is 1. The molecule has 1 aromatic heterocycles. The Balaban J connectivity index is 1.88. The van der Waals surface area contributed by atoms with Crippen molar-refractivity contribution in [2.45, 2.75) is 19.4 Å². The third-order valence-corrected chi connectivity index (χ3v) is 4.60. The van der Waals surface area contributed by atoms with Gasteiger partial charge in [-0.3, -0.25) is 0 Å². The summed E-state index contributed by atoms with van der Waals surface area (Å²) in [7, 11) is 1.96. The zero-order valence-corrected chi connectivity index (χ0v) is 10.1. The van der Waals surface area contributed by atoms with E-state index < -0.39 is 0 Å². The van der Waals surface area contributed by atoms with E-state index in [1.807, 2.05) is 18.4 Å². The number of nitrogens with one attached hydrogen (secondary N) is 1. The van der Waals surface area contributed by atoms with Crippen LogP contribution in [0.5, 0.6) is 0 Å². The summed E-state index contributed by atoms with van der Waals surface area (Å²) in [4.78, 5) is 4.61. The molecule has 0 amide bonds. The SMILES string of the molecule is CNCc1csc(CC2CCSC2)n1. The molecule has 0 spiro atoms. The highest BCUT2D eigenvalue weighted by Crippen LogP contribution is 2.27. The Morgan fingerprint density at radius 1 is 1.64 bits per heavy atom. The van der Waals surface area contributed by atoms with E-state index in [2.05, 4.69) is 27.4 Å². The molecule has 1 aliphatic rings. The Kier molecular flexibility index (Phi) is 3.84. The molecule has 14 heavy (non-hydrogen) atoms. The van der Waals surface area contributed by atoms with Gasteiger partial charge < -0.3 is 5.32 Å². The van der Waals surface area contributed by atoms with Crippen LogP contribution < -0.4 is 5.32 Å². The van der Waals surface area contributed by atoms with Crippen molar-refractivity contribution in [1.29, 1.82) is 0 Å². The summed E-state index contributed by atoms with van der Waals surface area (Å²) in [6.07, 6.45) is 2.58. The van der Waals surface area contributed by atoms with Gasteiger partial charge in [0.05, 0.1) is 10.7 Å². The number of thiazole rings is 1. The maximum Gasteiger partial charge on any atom is 0.0931 e. The lowest BCUT2D eigenvalue weighted by Gasteiger charge is -2.03. The lowest BCUT2D eigenvalue weighted by Crippen LogP contribution is -2.06. The second-order valence-corrected chi connectivity index (χ2v) is 5.79. The molecule has 1 aromatic rings. The summed E-state index contributed by atoms with van der Waals surface area (Å²) in [5.41, 5.74) is 1.19. The molecule has 0 radical (unpaired) electrons. The van der Waals surface area contributed by atoms with Crippen molar-refractivity contribution < 1.29 is 0 Å². The molecular weight excluding hydrogens is 212 g/mol. The first kappa shape index (κ1) is 10.5. The Morgan fingerprint density at radius 3 is 3.29 bits per heavy atom. The van der Waals surface area contributed by atoms with E-state index in [0.29, 0.717) is 0 Å². The van der Waals surface area contributed by atoms with Crippen LogP contribution in [-0.4, -0.2) is 23.5 Å². The van der Waals surface area contributed by atoms with Crippen molar-refractivity contribution in [3.8, 4) is 0 Å². The standard InChI is InChI=1S/C10H16N2S2/c1-11-5-9-7-14-10(12-9)4-8-2-3-13-6-8/h7-8,11H,2-6H2,1H3. The molecule has 2 nitrogen and oxygen atoms in total. The summed E-state index contributed by atoms with van der Waals surface area (Å²) in [5.74, 6) is 3.56. The van der Waals surface area contributed by atoms with Gasteiger partial charge in [0.15, 0.2) is 0 Å². The van der Waals surface area contributed by atoms with E-state index in [9.17, 15) is 0 Å². The smallest absolute Gasteiger partial charge is 0.0931 e. The molecule has 2 heterocycles. The average molecular weight is 228 g/mol. The molecule has 1 fully saturated rings. The molecule has 0 aromatic carbocycles. The Morgan fingerprint density at radius 2 is 2.57 bits per heavy atom. The largest absolute Gasteiger partial charge is 0.314 e. The summed E-state index contributed by atoms with van der Waals surface area (Å²) < 4.78 is 0. The van der Waals surface area contributed by atoms with E-state index in [1.165, 1.54) is 35.0 Å². The van der Waals surface area contributed by atoms with Crippen molar-refractivity contribution in [2.75, 3.05) is 18.6 Å². The normalized spacial score (nSPS) is 21.6. The molecule has 0 saturated carbocycles. The van der Waals surface area contributed by atoms with Gasteiger partial charge in [-0.1, -0.05) is 0 Å². The molecule has 78 valence electrons. The maximum atomic E-state index is 4.61. The van der Waals surface area contributed by atoms with Crippen LogP contribution in [0.1, 0.15) is 17.1 Å². The molecule has 1 atom stereocenters. The Bertz CT molecular complexity index is 279. The molecule has 2 rings (SSSR count). The highest BCUT2D eigenvalue weighted by Gasteiger charge is 2.17. The fourth-order valence-corrected chi connectivity index (χ4v) is 3.89. The highest BCUT2D eigenvalue weighted by atomic mass is 32.2. The quantitative estimate of drug-likeness (QED) is 0.855. The zero-order chi connectivity index (χ0) is 9.80. The van der Waals surface area contributed by atoms with Gasteiger partial charge in [0.25, 0.3) is 0 Å². The molecule has 1 saturated heterocycles. The molecule has 0 aliphatic carbocycles. The Hall–Kier alpha value is -0.0600. The van der Waals surface area contributed by atoms with Crippen LogP contribution in [0.3, 0.4) is 0 Å². The summed E-state index contributed by atoms with van der Waals surface area (Å²) in [6, 6.07) is 0. The molecule has 1 N–H and O–H groups in total. The van der Waals surface area contributed by atoms with Gasteiger partial charge in [0.1, 0.15) is 0 Å². The topological polar surface area (TPSA) is 24.9 Å². The van der Waals surface area contributed by atoms with Gasteiger partial charge in [-0.2, -0.15) is 11.8 Å². The van der Waals surface area contributed by atoms with E-state index >= 15 is 0 Å². The summed E-state index contributed by atoms with van der Waals surface area (Å²) >= 11 is 3.90. The van der Waals surface area contributed by atoms with Crippen molar-refractivity contribution >= 4 is 23.1 Å². The highest BCUT2D eigenvalue weighted by molar-refractivity contribution is 7.99. The van der Waals surface area contributed by atoms with Crippen molar-refractivity contribution in [1.82, 2.24) is 10.3 Å². The van der Waals surface area contributed by atoms with Gasteiger partial charge in [0.2, 0.25) is 0 Å². The van der Waals surface area contributed by atoms with Crippen LogP contribution in [0.25, 0.3) is 0 Å². The van der Waals surface area contributed by atoms with Crippen LogP contribution >= 0.6 is 23.1 Å². The summed E-state index contributed by atoms with van der Waals surface area (Å²) in [6.45, 7) is 0.899. The molecule has 0 bridgehead atoms. The molecule has 1 unspecified atom stereocenters. The summed E-state index contributed by atoms with van der Waals surface area (Å²) in [5, 5.41) is 6.63. The number of rotatable bonds is 4. The first-order chi connectivity index (χ1) is 6.88. The van der Waals surface area contributed by atoms with Gasteiger partial charge in [-0.15, -0.1) is 11.3 Å². The van der Waals surface area contributed by atoms with E-state index in [-0.39, 0.29) is 0 Å². The fourth-order valence-electron chi connectivity index (χ4n) is 1.70. The number of thioether (sulfide) groups is 1. The van der Waals surface area contributed by atoms with Crippen LogP contribution in [-0.2, 0) is 13.0 Å². The lowest BCUT2D eigenvalue weighted by atomic mass is 10.1. The van der Waals surface area contributed by atoms with Gasteiger partial charge in [-0.05, 0) is 30.9 Å². The van der Waals surface area contributed by atoms with Crippen LogP contribution in [0, 0.1) is 5.92 Å². The van der Waals surface area contributed by atoms with Crippen LogP contribution in [0.4, 0.5) is 0 Å². The molecule has 4 heteroatoms. The fraction of sp³-hybridized carbons (Fsp3) is 0.700. The third kappa shape index (κ3) is 2.72. The monoisotopic (exact) mass is 228 g/mol. The van der Waals surface area contributed by atoms with Gasteiger partial charge >= 0.3 is 0 Å². The minimum Gasteiger partial charge on any atom is -0.314 e. The first-order valence-corrected chi connectivity index (χ1v) is 7.07. The Labute approximate surface area is 93.5 Å². The predicted molar refractivity (Wildman–Crippen MR) is 64.0 cm³/mol. The maximum absolute atomic E-state index is 4.61. The van der Waals surface area contributed by atoms with Crippen molar-refractivity contribution in [3.63, 3.8) is 0 Å². The molecule has 1 aliphatic heterocycles. The minimum atomic E-state index is 0.883. The predicted octanol–water partition coefficient (Wildman–Crippen LogP) is 2.16. The minimum absolute atomic E-state index is 0.883. The lowest BCUT2D eigenvalue weighted by molar-refractivity contribution is 0.592. The van der Waals surface area contributed by atoms with Gasteiger partial charge in [-0.25, -0.2) is 4.98 Å². The number of aromatic nitrogens is 1. The second kappa shape index (κ2) is 5.14. The third-order valence-electron chi connectivity index (χ3n) is 2.44. The number of hydrogen-bond acceptors (Lipinski definition) is 4. The van der Waals surface area contributed by atoms with Crippen molar-refractivity contribution in [3.05, 3.63) is 16.1 Å². The van der Waals surface area contributed by atoms with E-state index in [0.717, 1.165) is 12.5 Å². The average Bonchev–Trinajstić information content (AvgIpc) is 2.79. The van der Waals surface area contributed by atoms with E-state index in [1.54, 1.807) is 0 Å². The van der Waals surface area contributed by atoms with Gasteiger partial charge in [0, 0.05) is 18.3 Å².